The number of hydrogen-bond donors (Lipinski definition) is 0. The summed E-state index contributed by atoms with van der Waals surface area (Å²) < 4.78 is 5.39. The lowest BCUT2D eigenvalue weighted by Crippen LogP contribution is -2.12. The molecule has 0 aliphatic carbocycles. The van der Waals surface area contributed by atoms with Crippen molar-refractivity contribution in [1.29, 1.82) is 5.26 Å². The van der Waals surface area contributed by atoms with E-state index in [0.29, 0.717) is 10.8 Å². The molecule has 5 nitrogen and oxygen atoms in total. The van der Waals surface area contributed by atoms with Gasteiger partial charge in [0.2, 0.25) is 5.78 Å². The summed E-state index contributed by atoms with van der Waals surface area (Å²) in [6, 6.07) is 9.61. The van der Waals surface area contributed by atoms with E-state index in [4.69, 9.17) is 4.42 Å². The molecule has 0 aliphatic rings. The molecular weight excluding hydrogens is 310 g/mol. The number of thiazole rings is 1. The number of Topliss-reactive ketones (excluding diaryl/α,β-unsaturated/α-hetero) is 1. The van der Waals surface area contributed by atoms with Crippen molar-refractivity contribution in [2.24, 2.45) is 0 Å². The summed E-state index contributed by atoms with van der Waals surface area (Å²) in [6.45, 7) is 3.81. The second-order valence-corrected chi connectivity index (χ2v) is 6.04. The highest BCUT2D eigenvalue weighted by Gasteiger charge is 2.29. The molecule has 0 amide bonds. The van der Waals surface area contributed by atoms with Gasteiger partial charge in [-0.05, 0) is 13.8 Å². The van der Waals surface area contributed by atoms with E-state index in [1.54, 1.807) is 0 Å². The molecule has 2 aromatic heterocycles. The Morgan fingerprint density at radius 1 is 1.30 bits per heavy atom. The van der Waals surface area contributed by atoms with Gasteiger partial charge in [-0.25, -0.2) is 9.97 Å². The molecule has 0 N–H and O–H groups in total. The first-order valence-corrected chi connectivity index (χ1v) is 7.84. The molecule has 1 aromatic carbocycles. The molecule has 3 rings (SSSR count). The van der Waals surface area contributed by atoms with E-state index in [9.17, 15) is 10.1 Å². The fourth-order valence-electron chi connectivity index (χ4n) is 2.20. The summed E-state index contributed by atoms with van der Waals surface area (Å²) in [5, 5.41) is 11.7. The standard InChI is InChI=1S/C17H13N3O2S/c1-10-3-5-12(6-4-10)16-14(19-9-22-16)15(21)13(7-18)17-20-11(2)8-23-17/h3-6,8-9,13H,1-2H3/t13-/m0/s1. The van der Waals surface area contributed by atoms with Crippen molar-refractivity contribution in [1.82, 2.24) is 9.97 Å². The van der Waals surface area contributed by atoms with Crippen molar-refractivity contribution in [3.8, 4) is 17.4 Å². The Kier molecular flexibility index (Phi) is 4.04. The zero-order chi connectivity index (χ0) is 16.4. The number of hydrogen-bond acceptors (Lipinski definition) is 6. The number of rotatable bonds is 4. The monoisotopic (exact) mass is 323 g/mol. The van der Waals surface area contributed by atoms with E-state index in [0.717, 1.165) is 16.8 Å². The maximum absolute atomic E-state index is 12.7. The molecule has 0 bridgehead atoms. The Labute approximate surface area is 137 Å². The van der Waals surface area contributed by atoms with Gasteiger partial charge < -0.3 is 4.42 Å². The lowest BCUT2D eigenvalue weighted by atomic mass is 10.00. The number of benzene rings is 1. The molecule has 0 saturated heterocycles. The van der Waals surface area contributed by atoms with Crippen molar-refractivity contribution in [2.45, 2.75) is 19.8 Å². The molecule has 114 valence electrons. The molecule has 2 heterocycles. The summed E-state index contributed by atoms with van der Waals surface area (Å²) in [4.78, 5) is 21.0. The molecule has 0 unspecified atom stereocenters. The van der Waals surface area contributed by atoms with Crippen molar-refractivity contribution in [3.63, 3.8) is 0 Å². The van der Waals surface area contributed by atoms with Crippen molar-refractivity contribution in [3.05, 3.63) is 58.0 Å². The molecule has 0 spiro atoms. The Bertz CT molecular complexity index is 887. The van der Waals surface area contributed by atoms with E-state index in [2.05, 4.69) is 9.97 Å². The van der Waals surface area contributed by atoms with Gasteiger partial charge in [0.15, 0.2) is 23.8 Å². The summed E-state index contributed by atoms with van der Waals surface area (Å²) >= 11 is 1.30. The third-order valence-corrected chi connectivity index (χ3v) is 4.42. The van der Waals surface area contributed by atoms with Gasteiger partial charge in [-0.15, -0.1) is 11.3 Å². The van der Waals surface area contributed by atoms with Gasteiger partial charge in [-0.2, -0.15) is 5.26 Å². The summed E-state index contributed by atoms with van der Waals surface area (Å²) in [5.74, 6) is -0.988. The van der Waals surface area contributed by atoms with Crippen molar-refractivity contribution < 1.29 is 9.21 Å². The highest BCUT2D eigenvalue weighted by Crippen LogP contribution is 2.29. The molecule has 0 aliphatic heterocycles. The van der Waals surface area contributed by atoms with Gasteiger partial charge in [0, 0.05) is 16.6 Å². The molecule has 23 heavy (non-hydrogen) atoms. The largest absolute Gasteiger partial charge is 0.443 e. The van der Waals surface area contributed by atoms with Gasteiger partial charge in [-0.3, -0.25) is 4.79 Å². The van der Waals surface area contributed by atoms with Crippen LogP contribution in [0.4, 0.5) is 0 Å². The van der Waals surface area contributed by atoms with Gasteiger partial charge in [0.05, 0.1) is 6.07 Å². The van der Waals surface area contributed by atoms with E-state index in [1.807, 2.05) is 49.6 Å². The molecule has 3 aromatic rings. The lowest BCUT2D eigenvalue weighted by molar-refractivity contribution is 0.0975. The quantitative estimate of drug-likeness (QED) is 0.680. The average Bonchev–Trinajstić information content (AvgIpc) is 3.18. The number of nitriles is 1. The van der Waals surface area contributed by atoms with Crippen LogP contribution in [-0.2, 0) is 0 Å². The number of carbonyl (C=O) groups is 1. The van der Waals surface area contributed by atoms with Crippen LogP contribution in [-0.4, -0.2) is 15.8 Å². The van der Waals surface area contributed by atoms with Crippen LogP contribution in [0.15, 0.2) is 40.5 Å². The van der Waals surface area contributed by atoms with Gasteiger partial charge in [0.1, 0.15) is 5.01 Å². The van der Waals surface area contributed by atoms with E-state index >= 15 is 0 Å². The van der Waals surface area contributed by atoms with Crippen molar-refractivity contribution in [2.75, 3.05) is 0 Å². The number of nitrogens with zero attached hydrogens (tertiary/aromatic N) is 3. The van der Waals surface area contributed by atoms with Crippen LogP contribution in [0.3, 0.4) is 0 Å². The number of carbonyl (C=O) groups excluding carboxylic acids is 1. The van der Waals surface area contributed by atoms with Gasteiger partial charge in [0.25, 0.3) is 0 Å². The third kappa shape index (κ3) is 2.91. The van der Waals surface area contributed by atoms with Crippen LogP contribution in [0.25, 0.3) is 11.3 Å². The van der Waals surface area contributed by atoms with Crippen LogP contribution in [0.5, 0.6) is 0 Å². The van der Waals surface area contributed by atoms with Crippen LogP contribution >= 0.6 is 11.3 Å². The third-order valence-electron chi connectivity index (χ3n) is 3.39. The zero-order valence-electron chi connectivity index (χ0n) is 12.6. The second kappa shape index (κ2) is 6.15. The first-order valence-electron chi connectivity index (χ1n) is 6.96. The lowest BCUT2D eigenvalue weighted by Gasteiger charge is -2.05. The fraction of sp³-hybridized carbons (Fsp3) is 0.176. The summed E-state index contributed by atoms with van der Waals surface area (Å²) in [7, 11) is 0. The molecule has 0 fully saturated rings. The minimum atomic E-state index is -0.969. The number of aromatic nitrogens is 2. The molecule has 1 atom stereocenters. The predicted molar refractivity (Wildman–Crippen MR) is 86.2 cm³/mol. The van der Waals surface area contributed by atoms with E-state index in [-0.39, 0.29) is 5.69 Å². The summed E-state index contributed by atoms with van der Waals surface area (Å²) in [5.41, 5.74) is 2.81. The van der Waals surface area contributed by atoms with E-state index < -0.39 is 11.7 Å². The first-order chi connectivity index (χ1) is 11.1. The molecule has 0 radical (unpaired) electrons. The zero-order valence-corrected chi connectivity index (χ0v) is 13.4. The Morgan fingerprint density at radius 3 is 2.65 bits per heavy atom. The Morgan fingerprint density at radius 2 is 2.04 bits per heavy atom. The topological polar surface area (TPSA) is 79.8 Å². The minimum absolute atomic E-state index is 0.160. The number of oxazole rings is 1. The SMILES string of the molecule is Cc1ccc(-c2ocnc2C(=O)[C@H](C#N)c2nc(C)cs2)cc1. The first kappa shape index (κ1) is 15.1. The molecular formula is C17H13N3O2S. The average molecular weight is 323 g/mol. The van der Waals surface area contributed by atoms with Crippen LogP contribution < -0.4 is 0 Å². The van der Waals surface area contributed by atoms with Gasteiger partial charge in [-0.1, -0.05) is 29.8 Å². The smallest absolute Gasteiger partial charge is 0.209 e. The maximum Gasteiger partial charge on any atom is 0.209 e. The minimum Gasteiger partial charge on any atom is -0.443 e. The van der Waals surface area contributed by atoms with Crippen LogP contribution in [0.2, 0.25) is 0 Å². The Balaban J connectivity index is 1.99. The highest BCUT2D eigenvalue weighted by molar-refractivity contribution is 7.10. The molecule has 0 saturated carbocycles. The van der Waals surface area contributed by atoms with Crippen LogP contribution in [0.1, 0.15) is 32.7 Å². The van der Waals surface area contributed by atoms with Crippen LogP contribution in [0, 0.1) is 25.2 Å². The fourth-order valence-corrected chi connectivity index (χ4v) is 3.04. The van der Waals surface area contributed by atoms with E-state index in [1.165, 1.54) is 17.7 Å². The predicted octanol–water partition coefficient (Wildman–Crippen LogP) is 3.91. The highest BCUT2D eigenvalue weighted by atomic mass is 32.1. The van der Waals surface area contributed by atoms with Gasteiger partial charge >= 0.3 is 0 Å². The second-order valence-electron chi connectivity index (χ2n) is 5.15. The molecule has 6 heteroatoms. The normalized spacial score (nSPS) is 11.9. The number of aryl methyl sites for hydroxylation is 2. The summed E-state index contributed by atoms with van der Waals surface area (Å²) in [6.07, 6.45) is 1.23. The Hall–Kier alpha value is -2.78. The maximum atomic E-state index is 12.7. The number of ketones is 1. The van der Waals surface area contributed by atoms with Crippen molar-refractivity contribution >= 4 is 17.1 Å².